The Bertz CT molecular complexity index is 3500. The predicted octanol–water partition coefficient (Wildman–Crippen LogP) is 13.7. The minimum Gasteiger partial charge on any atom is -0.309 e. The third-order valence-corrected chi connectivity index (χ3v) is 11.7. The van der Waals surface area contributed by atoms with Gasteiger partial charge < -0.3 is 9.13 Å². The van der Waals surface area contributed by atoms with Crippen LogP contribution in [-0.4, -0.2) is 18.7 Å². The first kappa shape index (κ1) is 31.6. The van der Waals surface area contributed by atoms with E-state index in [1.807, 2.05) is 6.20 Å². The number of hydrogen-bond donors (Lipinski definition) is 0. The molecule has 0 bridgehead atoms. The van der Waals surface area contributed by atoms with Crippen molar-refractivity contribution >= 4 is 65.4 Å². The average Bonchev–Trinajstić information content (AvgIpc) is 3.92. The van der Waals surface area contributed by atoms with Gasteiger partial charge in [0.2, 0.25) is 0 Å². The lowest BCUT2D eigenvalue weighted by atomic mass is 9.90. The van der Waals surface area contributed by atoms with Gasteiger partial charge in [0.25, 0.3) is 0 Å². The minimum absolute atomic E-state index is 0.895. The van der Waals surface area contributed by atoms with E-state index in [2.05, 4.69) is 214 Å². The number of pyridine rings is 1. The Labute approximate surface area is 328 Å². The summed E-state index contributed by atoms with van der Waals surface area (Å²) in [6.07, 6.45) is 2.05. The summed E-state index contributed by atoms with van der Waals surface area (Å²) in [5.74, 6) is 0.895. The van der Waals surface area contributed by atoms with Gasteiger partial charge in [0, 0.05) is 43.7 Å². The fourth-order valence-corrected chi connectivity index (χ4v) is 9.28. The van der Waals surface area contributed by atoms with E-state index in [4.69, 9.17) is 4.98 Å². The van der Waals surface area contributed by atoms with Crippen molar-refractivity contribution in [2.75, 3.05) is 0 Å². The molecule has 0 unspecified atom stereocenters. The van der Waals surface area contributed by atoms with Crippen LogP contribution in [0.25, 0.3) is 105 Å². The molecule has 0 spiro atoms. The summed E-state index contributed by atoms with van der Waals surface area (Å²) in [5, 5.41) is 7.25. The second kappa shape index (κ2) is 12.4. The van der Waals surface area contributed by atoms with E-state index >= 15 is 0 Å². The first-order valence-electron chi connectivity index (χ1n) is 19.5. The smallest absolute Gasteiger partial charge is 0.138 e. The molecule has 4 heteroatoms. The van der Waals surface area contributed by atoms with Gasteiger partial charge >= 0.3 is 0 Å². The van der Waals surface area contributed by atoms with Crippen molar-refractivity contribution in [3.63, 3.8) is 0 Å². The Morgan fingerprint density at radius 3 is 1.46 bits per heavy atom. The number of benzene rings is 8. The van der Waals surface area contributed by atoms with Gasteiger partial charge in [-0.2, -0.15) is 0 Å². The number of hydrogen-bond acceptors (Lipinski definition) is 1. The summed E-state index contributed by atoms with van der Waals surface area (Å²) >= 11 is 0. The maximum atomic E-state index is 5.24. The molecule has 12 aromatic rings. The van der Waals surface area contributed by atoms with Gasteiger partial charge in [0.05, 0.1) is 39.3 Å². The first-order chi connectivity index (χ1) is 28.3. The van der Waals surface area contributed by atoms with Crippen molar-refractivity contribution in [2.45, 2.75) is 0 Å². The molecule has 0 aliphatic rings. The molecular formula is C53H34N4. The standard InChI is InChI=1S/C53H34N4/c1-4-17-35(18-5-1)42-32-50-44(38-23-10-13-27-46(38)55(50)36-19-6-2-7-20-36)31-43(42)40-26-16-30-49-53(40)41-25-12-15-29-48(41)57(49)52-33-45-39-24-11-14-28-47(39)56(51(45)34-54-52)37-21-8-3-9-22-37/h1-34H. The van der Waals surface area contributed by atoms with Gasteiger partial charge in [0.1, 0.15) is 5.82 Å². The van der Waals surface area contributed by atoms with E-state index in [1.54, 1.807) is 0 Å². The highest BCUT2D eigenvalue weighted by atomic mass is 15.1. The Morgan fingerprint density at radius 1 is 0.298 bits per heavy atom. The van der Waals surface area contributed by atoms with E-state index < -0.39 is 0 Å². The zero-order valence-corrected chi connectivity index (χ0v) is 30.9. The zero-order chi connectivity index (χ0) is 37.5. The van der Waals surface area contributed by atoms with Crippen LogP contribution in [0.5, 0.6) is 0 Å². The monoisotopic (exact) mass is 726 g/mol. The molecule has 0 radical (unpaired) electrons. The summed E-state index contributed by atoms with van der Waals surface area (Å²) in [6.45, 7) is 0. The Hall–Kier alpha value is -7.69. The summed E-state index contributed by atoms with van der Waals surface area (Å²) in [6, 6.07) is 72.2. The molecule has 0 fully saturated rings. The summed E-state index contributed by atoms with van der Waals surface area (Å²) < 4.78 is 7.08. The van der Waals surface area contributed by atoms with Crippen LogP contribution in [0.15, 0.2) is 206 Å². The molecule has 8 aromatic carbocycles. The number of aromatic nitrogens is 4. The third kappa shape index (κ3) is 4.71. The van der Waals surface area contributed by atoms with Crippen molar-refractivity contribution in [1.29, 1.82) is 0 Å². The number of nitrogens with zero attached hydrogens (tertiary/aromatic N) is 4. The second-order valence-electron chi connectivity index (χ2n) is 14.8. The Morgan fingerprint density at radius 2 is 0.807 bits per heavy atom. The van der Waals surface area contributed by atoms with Crippen molar-refractivity contribution < 1.29 is 0 Å². The molecule has 266 valence electrons. The molecule has 0 N–H and O–H groups in total. The van der Waals surface area contributed by atoms with E-state index in [0.717, 1.165) is 33.7 Å². The molecule has 0 atom stereocenters. The lowest BCUT2D eigenvalue weighted by Crippen LogP contribution is -1.98. The van der Waals surface area contributed by atoms with Gasteiger partial charge in [-0.05, 0) is 89.0 Å². The van der Waals surface area contributed by atoms with Crippen LogP contribution in [-0.2, 0) is 0 Å². The lowest BCUT2D eigenvalue weighted by Gasteiger charge is -2.15. The SMILES string of the molecule is c1ccc(-c2cc3c(cc2-c2cccc4c2c2ccccc2n4-c2cc4c5ccccc5n(-c5ccccc5)c4cn2)c2ccccc2n3-c2ccccc2)cc1. The van der Waals surface area contributed by atoms with E-state index in [-0.39, 0.29) is 0 Å². The van der Waals surface area contributed by atoms with Crippen molar-refractivity contribution in [2.24, 2.45) is 0 Å². The van der Waals surface area contributed by atoms with Gasteiger partial charge in [-0.1, -0.05) is 133 Å². The maximum Gasteiger partial charge on any atom is 0.138 e. The quantitative estimate of drug-likeness (QED) is 0.174. The predicted molar refractivity (Wildman–Crippen MR) is 238 cm³/mol. The van der Waals surface area contributed by atoms with E-state index in [0.29, 0.717) is 0 Å². The fraction of sp³-hybridized carbons (Fsp3) is 0. The van der Waals surface area contributed by atoms with Gasteiger partial charge in [0.15, 0.2) is 0 Å². The molecule has 4 heterocycles. The van der Waals surface area contributed by atoms with Crippen LogP contribution >= 0.6 is 0 Å². The number of rotatable bonds is 5. The highest BCUT2D eigenvalue weighted by Crippen LogP contribution is 2.45. The van der Waals surface area contributed by atoms with Crippen LogP contribution in [0.2, 0.25) is 0 Å². The zero-order valence-electron chi connectivity index (χ0n) is 30.9. The highest BCUT2D eigenvalue weighted by Gasteiger charge is 2.22. The first-order valence-corrected chi connectivity index (χ1v) is 19.5. The number of para-hydroxylation sites is 5. The van der Waals surface area contributed by atoms with Crippen LogP contribution in [0.3, 0.4) is 0 Å². The fourth-order valence-electron chi connectivity index (χ4n) is 9.28. The number of fused-ring (bicyclic) bond motifs is 9. The van der Waals surface area contributed by atoms with Crippen LogP contribution in [0.4, 0.5) is 0 Å². The van der Waals surface area contributed by atoms with Gasteiger partial charge in [-0.15, -0.1) is 0 Å². The van der Waals surface area contributed by atoms with E-state index in [1.165, 1.54) is 71.1 Å². The van der Waals surface area contributed by atoms with E-state index in [9.17, 15) is 0 Å². The normalized spacial score (nSPS) is 11.9. The van der Waals surface area contributed by atoms with Crippen LogP contribution in [0, 0.1) is 0 Å². The minimum atomic E-state index is 0.895. The molecule has 4 aromatic heterocycles. The summed E-state index contributed by atoms with van der Waals surface area (Å²) in [4.78, 5) is 5.24. The summed E-state index contributed by atoms with van der Waals surface area (Å²) in [5.41, 5.74) is 13.9. The van der Waals surface area contributed by atoms with Crippen molar-refractivity contribution in [3.05, 3.63) is 206 Å². The average molecular weight is 727 g/mol. The van der Waals surface area contributed by atoms with Crippen molar-refractivity contribution in [3.8, 4) is 39.4 Å². The van der Waals surface area contributed by atoms with Crippen LogP contribution < -0.4 is 0 Å². The highest BCUT2D eigenvalue weighted by molar-refractivity contribution is 6.19. The van der Waals surface area contributed by atoms with Crippen molar-refractivity contribution in [1.82, 2.24) is 18.7 Å². The third-order valence-electron chi connectivity index (χ3n) is 11.7. The second-order valence-corrected chi connectivity index (χ2v) is 14.8. The molecule has 0 saturated carbocycles. The molecule has 57 heavy (non-hydrogen) atoms. The maximum absolute atomic E-state index is 5.24. The molecule has 0 aliphatic heterocycles. The van der Waals surface area contributed by atoms with Gasteiger partial charge in [-0.3, -0.25) is 4.57 Å². The van der Waals surface area contributed by atoms with Gasteiger partial charge in [-0.25, -0.2) is 4.98 Å². The lowest BCUT2D eigenvalue weighted by molar-refractivity contribution is 1.08. The molecule has 0 saturated heterocycles. The molecule has 12 rings (SSSR count). The Kier molecular flexibility index (Phi) is 6.89. The molecule has 4 nitrogen and oxygen atoms in total. The largest absolute Gasteiger partial charge is 0.309 e. The van der Waals surface area contributed by atoms with Crippen LogP contribution in [0.1, 0.15) is 0 Å². The topological polar surface area (TPSA) is 27.7 Å². The Balaban J connectivity index is 1.15. The molecular weight excluding hydrogens is 693 g/mol. The molecule has 0 aliphatic carbocycles. The molecule has 0 amide bonds. The summed E-state index contributed by atoms with van der Waals surface area (Å²) in [7, 11) is 0.